The van der Waals surface area contributed by atoms with E-state index in [0.29, 0.717) is 19.5 Å². The number of methoxy groups -OCH3 is 1. The molecule has 1 atom stereocenters. The van der Waals surface area contributed by atoms with Gasteiger partial charge < -0.3 is 38.8 Å². The predicted molar refractivity (Wildman–Crippen MR) is 161 cm³/mol. The molecule has 2 N–H and O–H groups in total. The Bertz CT molecular complexity index is 833. The summed E-state index contributed by atoms with van der Waals surface area (Å²) in [6.07, 6.45) is 27.4. The largest absolute Gasteiger partial charge is 1.00 e. The number of aromatic nitrogens is 2. The minimum absolute atomic E-state index is 0. The van der Waals surface area contributed by atoms with Gasteiger partial charge in [-0.2, -0.15) is 0 Å². The van der Waals surface area contributed by atoms with Crippen LogP contribution in [0, 0.1) is 0 Å². The van der Waals surface area contributed by atoms with E-state index in [2.05, 4.69) is 21.9 Å². The number of aryl methyl sites for hydroxylation is 1. The number of carbonyl (C=O) groups excluding carboxylic acids is 1. The molecule has 9 nitrogen and oxygen atoms in total. The van der Waals surface area contributed by atoms with Crippen molar-refractivity contribution >= 4 is 16.1 Å². The first kappa shape index (κ1) is 40.0. The van der Waals surface area contributed by atoms with Crippen LogP contribution in [-0.2, 0) is 26.0 Å². The standard InChI is InChI=1S/C30H56N4O5S.HI/c1-3-4-5-6-7-8-9-10-11-12-13-14-15-16-17-18-20-32-30(35)39-28-29(38-2)27-33-40(36,37)26-19-23-34-24-21-31-22-25-34;/h21-22,24-25,29,33H,3-20,23,26-28H2,1-2H3;1H. The minimum Gasteiger partial charge on any atom is -1.00 e. The molecule has 11 heteroatoms. The monoisotopic (exact) mass is 712 g/mol. The Kier molecular flexibility index (Phi) is 27.1. The lowest BCUT2D eigenvalue weighted by Crippen LogP contribution is -3.00. The predicted octanol–water partition coefficient (Wildman–Crippen LogP) is 2.69. The number of nitrogens with zero attached hydrogens (tertiary/aromatic N) is 2. The summed E-state index contributed by atoms with van der Waals surface area (Å²) in [5.74, 6) is -0.000586. The first-order chi connectivity index (χ1) is 19.5. The molecule has 0 saturated heterocycles. The highest BCUT2D eigenvalue weighted by Gasteiger charge is 2.17. The molecule has 0 spiro atoms. The molecule has 0 bridgehead atoms. The van der Waals surface area contributed by atoms with Gasteiger partial charge in [0.25, 0.3) is 0 Å². The highest BCUT2D eigenvalue weighted by atomic mass is 127. The van der Waals surface area contributed by atoms with Crippen LogP contribution < -0.4 is 38.6 Å². The van der Waals surface area contributed by atoms with E-state index in [-0.39, 0.29) is 42.9 Å². The lowest BCUT2D eigenvalue weighted by atomic mass is 10.0. The van der Waals surface area contributed by atoms with Crippen molar-refractivity contribution < 1.29 is 51.2 Å². The SMILES string of the molecule is CCCCCCCCCCCCCCCCCCNC(=O)OCC(CNS(=O)(=O)CCC[n+]1ccncc1)OC.[I-]. The van der Waals surface area contributed by atoms with Gasteiger partial charge in [-0.05, 0) is 6.42 Å². The van der Waals surface area contributed by atoms with Gasteiger partial charge in [0.15, 0.2) is 12.4 Å². The maximum atomic E-state index is 12.3. The number of carbonyl (C=O) groups is 1. The second-order valence-electron chi connectivity index (χ2n) is 10.7. The van der Waals surface area contributed by atoms with Crippen molar-refractivity contribution in [3.63, 3.8) is 0 Å². The summed E-state index contributed by atoms with van der Waals surface area (Å²) >= 11 is 0. The van der Waals surface area contributed by atoms with Crippen LogP contribution in [0.25, 0.3) is 0 Å². The van der Waals surface area contributed by atoms with Crippen molar-refractivity contribution in [2.24, 2.45) is 0 Å². The van der Waals surface area contributed by atoms with E-state index in [1.165, 1.54) is 97.0 Å². The molecule has 1 heterocycles. The van der Waals surface area contributed by atoms with E-state index in [4.69, 9.17) is 9.47 Å². The fourth-order valence-electron chi connectivity index (χ4n) is 4.52. The Labute approximate surface area is 267 Å². The molecule has 1 aromatic rings. The van der Waals surface area contributed by atoms with Gasteiger partial charge in [-0.15, -0.1) is 0 Å². The van der Waals surface area contributed by atoms with Crippen LogP contribution in [0.5, 0.6) is 0 Å². The maximum Gasteiger partial charge on any atom is 0.407 e. The van der Waals surface area contributed by atoms with Gasteiger partial charge in [-0.25, -0.2) is 22.5 Å². The Hall–Kier alpha value is -1.05. The summed E-state index contributed by atoms with van der Waals surface area (Å²) in [5, 5.41) is 2.77. The van der Waals surface area contributed by atoms with E-state index in [0.717, 1.165) is 12.8 Å². The molecule has 0 radical (unpaired) electrons. The van der Waals surface area contributed by atoms with E-state index in [1.54, 1.807) is 24.8 Å². The number of ether oxygens (including phenoxy) is 2. The van der Waals surface area contributed by atoms with Crippen molar-refractivity contribution in [1.82, 2.24) is 15.0 Å². The molecule has 1 aromatic heterocycles. The Morgan fingerprint density at radius 3 is 1.85 bits per heavy atom. The van der Waals surface area contributed by atoms with Crippen molar-refractivity contribution in [1.29, 1.82) is 0 Å². The Morgan fingerprint density at radius 1 is 0.829 bits per heavy atom. The van der Waals surface area contributed by atoms with Gasteiger partial charge >= 0.3 is 6.09 Å². The van der Waals surface area contributed by atoms with Crippen molar-refractivity contribution in [2.75, 3.05) is 32.6 Å². The van der Waals surface area contributed by atoms with Gasteiger partial charge in [0, 0.05) is 26.6 Å². The lowest BCUT2D eigenvalue weighted by Gasteiger charge is -2.16. The van der Waals surface area contributed by atoms with Gasteiger partial charge in [-0.1, -0.05) is 103 Å². The molecule has 1 amide bonds. The third kappa shape index (κ3) is 25.2. The third-order valence-electron chi connectivity index (χ3n) is 7.08. The number of alkyl carbamates (subject to hydrolysis) is 1. The molecule has 0 aromatic carbocycles. The normalized spacial score (nSPS) is 12.0. The Balaban J connectivity index is 0.0000160. The molecule has 0 saturated carbocycles. The molecule has 0 aliphatic carbocycles. The van der Waals surface area contributed by atoms with Crippen molar-refractivity contribution in [2.45, 2.75) is 129 Å². The van der Waals surface area contributed by atoms with Crippen LogP contribution in [0.2, 0.25) is 0 Å². The molecule has 1 unspecified atom stereocenters. The average molecular weight is 713 g/mol. The average Bonchev–Trinajstić information content (AvgIpc) is 2.95. The number of sulfonamides is 1. The minimum atomic E-state index is -3.45. The molecule has 0 aliphatic rings. The molecule has 240 valence electrons. The van der Waals surface area contributed by atoms with E-state index < -0.39 is 22.2 Å². The van der Waals surface area contributed by atoms with Crippen molar-refractivity contribution in [3.8, 4) is 0 Å². The topological polar surface area (TPSA) is 110 Å². The van der Waals surface area contributed by atoms with E-state index in [9.17, 15) is 13.2 Å². The summed E-state index contributed by atoms with van der Waals surface area (Å²) in [6.45, 7) is 3.46. The van der Waals surface area contributed by atoms with E-state index >= 15 is 0 Å². The first-order valence-electron chi connectivity index (χ1n) is 15.7. The van der Waals surface area contributed by atoms with Gasteiger partial charge in [0.1, 0.15) is 19.3 Å². The smallest absolute Gasteiger partial charge is 0.407 e. The number of hydrogen-bond donors (Lipinski definition) is 2. The van der Waals surface area contributed by atoms with Crippen LogP contribution in [0.15, 0.2) is 24.8 Å². The molecular formula is C30H57IN4O5S. The number of amides is 1. The zero-order valence-electron chi connectivity index (χ0n) is 25.7. The maximum absolute atomic E-state index is 12.3. The molecule has 1 rings (SSSR count). The second-order valence-corrected chi connectivity index (χ2v) is 12.6. The van der Waals surface area contributed by atoms with E-state index in [1.807, 2.05) is 4.57 Å². The van der Waals surface area contributed by atoms with Crippen molar-refractivity contribution in [3.05, 3.63) is 24.8 Å². The number of rotatable bonds is 27. The van der Waals surface area contributed by atoms with Gasteiger partial charge in [0.2, 0.25) is 10.0 Å². The number of nitrogens with one attached hydrogen (secondary N) is 2. The highest BCUT2D eigenvalue weighted by Crippen LogP contribution is 2.13. The summed E-state index contributed by atoms with van der Waals surface area (Å²) in [6, 6.07) is 0. The molecule has 0 aliphatic heterocycles. The summed E-state index contributed by atoms with van der Waals surface area (Å²) in [7, 11) is -1.98. The molecule has 0 fully saturated rings. The van der Waals surface area contributed by atoms with Crippen LogP contribution in [0.4, 0.5) is 4.79 Å². The first-order valence-corrected chi connectivity index (χ1v) is 17.3. The second kappa shape index (κ2) is 27.8. The van der Waals surface area contributed by atoms with Crippen LogP contribution >= 0.6 is 0 Å². The fourth-order valence-corrected chi connectivity index (χ4v) is 5.61. The van der Waals surface area contributed by atoms with Crippen LogP contribution in [0.3, 0.4) is 0 Å². The number of hydrogen-bond acceptors (Lipinski definition) is 6. The Morgan fingerprint density at radius 2 is 1.34 bits per heavy atom. The third-order valence-corrected chi connectivity index (χ3v) is 8.51. The summed E-state index contributed by atoms with van der Waals surface area (Å²) in [4.78, 5) is 15.9. The van der Waals surface area contributed by atoms with Crippen LogP contribution in [0.1, 0.15) is 116 Å². The summed E-state index contributed by atoms with van der Waals surface area (Å²) < 4.78 is 39.4. The zero-order chi connectivity index (χ0) is 29.2. The molecule has 41 heavy (non-hydrogen) atoms. The fraction of sp³-hybridized carbons (Fsp3) is 0.833. The van der Waals surface area contributed by atoms with Gasteiger partial charge in [-0.3, -0.25) is 4.98 Å². The van der Waals surface area contributed by atoms with Crippen LogP contribution in [-0.4, -0.2) is 58.2 Å². The quantitative estimate of drug-likeness (QED) is 0.0826. The zero-order valence-corrected chi connectivity index (χ0v) is 28.6. The summed E-state index contributed by atoms with van der Waals surface area (Å²) in [5.41, 5.74) is 0. The lowest BCUT2D eigenvalue weighted by molar-refractivity contribution is -0.697. The highest BCUT2D eigenvalue weighted by molar-refractivity contribution is 7.89. The molecular weight excluding hydrogens is 655 g/mol. The number of unbranched alkanes of at least 4 members (excludes halogenated alkanes) is 15. The number of halogens is 1. The van der Waals surface area contributed by atoms with Gasteiger partial charge in [0.05, 0.1) is 18.1 Å².